The third kappa shape index (κ3) is 4.38. The molecule has 3 rings (SSSR count). The summed E-state index contributed by atoms with van der Waals surface area (Å²) in [4.78, 5) is 12.7. The second-order valence-electron chi connectivity index (χ2n) is 7.02. The number of aromatic nitrogens is 2. The summed E-state index contributed by atoms with van der Waals surface area (Å²) in [6.07, 6.45) is 1.72. The van der Waals surface area contributed by atoms with E-state index < -0.39 is 10.0 Å². The molecule has 1 N–H and O–H groups in total. The number of aryl methyl sites for hydroxylation is 1. The molecule has 0 aliphatic carbocycles. The van der Waals surface area contributed by atoms with Gasteiger partial charge in [-0.3, -0.25) is 4.79 Å². The van der Waals surface area contributed by atoms with Crippen LogP contribution in [-0.4, -0.2) is 41.5 Å². The summed E-state index contributed by atoms with van der Waals surface area (Å²) in [5.74, 6) is -0.274. The highest BCUT2D eigenvalue weighted by atomic mass is 32.2. The van der Waals surface area contributed by atoms with Crippen LogP contribution in [0.5, 0.6) is 0 Å². The first-order valence-corrected chi connectivity index (χ1v) is 10.6. The van der Waals surface area contributed by atoms with Crippen molar-refractivity contribution in [1.82, 2.24) is 14.1 Å². The molecule has 8 heteroatoms. The molecule has 0 fully saturated rings. The van der Waals surface area contributed by atoms with E-state index in [2.05, 4.69) is 10.4 Å². The van der Waals surface area contributed by atoms with Gasteiger partial charge in [0, 0.05) is 36.2 Å². The van der Waals surface area contributed by atoms with Gasteiger partial charge in [-0.25, -0.2) is 13.1 Å². The predicted octanol–water partition coefficient (Wildman–Crippen LogP) is 3.46. The first-order chi connectivity index (χ1) is 13.7. The van der Waals surface area contributed by atoms with Gasteiger partial charge in [-0.05, 0) is 75.4 Å². The van der Waals surface area contributed by atoms with Gasteiger partial charge in [-0.2, -0.15) is 9.40 Å². The highest BCUT2D eigenvalue weighted by molar-refractivity contribution is 7.89. The average Bonchev–Trinajstić information content (AvgIpc) is 3.13. The minimum absolute atomic E-state index is 0.145. The van der Waals surface area contributed by atoms with Crippen LogP contribution in [0.15, 0.2) is 65.7 Å². The van der Waals surface area contributed by atoms with E-state index in [0.717, 1.165) is 11.4 Å². The summed E-state index contributed by atoms with van der Waals surface area (Å²) in [7, 11) is -2.01. The van der Waals surface area contributed by atoms with Crippen LogP contribution in [0.4, 0.5) is 5.69 Å². The van der Waals surface area contributed by atoms with Gasteiger partial charge < -0.3 is 5.32 Å². The number of rotatable bonds is 6. The maximum atomic E-state index is 12.5. The second kappa shape index (κ2) is 8.18. The van der Waals surface area contributed by atoms with Crippen molar-refractivity contribution >= 4 is 21.6 Å². The maximum Gasteiger partial charge on any atom is 0.255 e. The largest absolute Gasteiger partial charge is 0.322 e. The summed E-state index contributed by atoms with van der Waals surface area (Å²) in [5.41, 5.74) is 2.89. The molecule has 29 heavy (non-hydrogen) atoms. The lowest BCUT2D eigenvalue weighted by Gasteiger charge is -2.21. The Labute approximate surface area is 171 Å². The second-order valence-corrected chi connectivity index (χ2v) is 9.02. The van der Waals surface area contributed by atoms with Crippen LogP contribution >= 0.6 is 0 Å². The summed E-state index contributed by atoms with van der Waals surface area (Å²) in [6, 6.07) is 15.0. The monoisotopic (exact) mass is 412 g/mol. The summed E-state index contributed by atoms with van der Waals surface area (Å²) < 4.78 is 28.1. The van der Waals surface area contributed by atoms with E-state index in [4.69, 9.17) is 0 Å². The lowest BCUT2D eigenvalue weighted by atomic mass is 10.2. The van der Waals surface area contributed by atoms with Gasteiger partial charge in [0.25, 0.3) is 5.91 Å². The Morgan fingerprint density at radius 3 is 2.17 bits per heavy atom. The Hall–Kier alpha value is -2.97. The molecule has 0 aliphatic rings. The molecule has 0 saturated carbocycles. The van der Waals surface area contributed by atoms with E-state index in [1.165, 1.54) is 16.4 Å². The van der Waals surface area contributed by atoms with E-state index in [0.29, 0.717) is 11.3 Å². The van der Waals surface area contributed by atoms with Gasteiger partial charge in [0.1, 0.15) is 0 Å². The molecular weight excluding hydrogens is 388 g/mol. The third-order valence-electron chi connectivity index (χ3n) is 4.72. The van der Waals surface area contributed by atoms with Crippen molar-refractivity contribution in [2.45, 2.75) is 31.7 Å². The molecule has 0 radical (unpaired) electrons. The Morgan fingerprint density at radius 1 is 1.03 bits per heavy atom. The van der Waals surface area contributed by atoms with Crippen LogP contribution in [0.1, 0.15) is 29.9 Å². The van der Waals surface area contributed by atoms with Gasteiger partial charge in [0.15, 0.2) is 0 Å². The fraction of sp³-hybridized carbons (Fsp3) is 0.238. The van der Waals surface area contributed by atoms with E-state index in [1.54, 1.807) is 42.2 Å². The van der Waals surface area contributed by atoms with Gasteiger partial charge in [-0.1, -0.05) is 0 Å². The highest BCUT2D eigenvalue weighted by Gasteiger charge is 2.22. The van der Waals surface area contributed by atoms with E-state index >= 15 is 0 Å². The molecule has 1 heterocycles. The topological polar surface area (TPSA) is 84.3 Å². The molecule has 0 unspecified atom stereocenters. The summed E-state index contributed by atoms with van der Waals surface area (Å²) >= 11 is 0. The number of anilines is 1. The number of nitrogens with one attached hydrogen (secondary N) is 1. The van der Waals surface area contributed by atoms with Gasteiger partial charge in [-0.15, -0.1) is 0 Å². The molecule has 2 aromatic carbocycles. The molecule has 0 spiro atoms. The van der Waals surface area contributed by atoms with Crippen LogP contribution in [0, 0.1) is 6.92 Å². The number of amides is 1. The first-order valence-electron chi connectivity index (χ1n) is 9.20. The molecule has 0 bridgehead atoms. The zero-order valence-electron chi connectivity index (χ0n) is 16.8. The highest BCUT2D eigenvalue weighted by Crippen LogP contribution is 2.20. The smallest absolute Gasteiger partial charge is 0.255 e. The Bertz CT molecular complexity index is 1100. The van der Waals surface area contributed by atoms with Crippen LogP contribution in [0.2, 0.25) is 0 Å². The predicted molar refractivity (Wildman–Crippen MR) is 113 cm³/mol. The molecule has 0 saturated heterocycles. The zero-order chi connectivity index (χ0) is 21.2. The number of carbonyl (C=O) groups excluding carboxylic acids is 1. The number of carbonyl (C=O) groups is 1. The van der Waals surface area contributed by atoms with Crippen molar-refractivity contribution < 1.29 is 13.2 Å². The molecule has 3 aromatic rings. The minimum Gasteiger partial charge on any atom is -0.322 e. The Morgan fingerprint density at radius 2 is 1.66 bits per heavy atom. The lowest BCUT2D eigenvalue weighted by molar-refractivity contribution is 0.102. The molecule has 1 aromatic heterocycles. The van der Waals surface area contributed by atoms with E-state index in [1.807, 2.05) is 39.0 Å². The van der Waals surface area contributed by atoms with Crippen molar-refractivity contribution in [2.75, 3.05) is 12.4 Å². The van der Waals surface area contributed by atoms with Crippen molar-refractivity contribution in [3.05, 3.63) is 72.1 Å². The molecule has 0 atom stereocenters. The van der Waals surface area contributed by atoms with Crippen molar-refractivity contribution in [2.24, 2.45) is 0 Å². The Balaban J connectivity index is 1.72. The normalized spacial score (nSPS) is 11.8. The van der Waals surface area contributed by atoms with Crippen LogP contribution < -0.4 is 5.32 Å². The fourth-order valence-electron chi connectivity index (χ4n) is 2.75. The van der Waals surface area contributed by atoms with Crippen LogP contribution in [0.3, 0.4) is 0 Å². The zero-order valence-corrected chi connectivity index (χ0v) is 17.6. The Kier molecular flexibility index (Phi) is 5.86. The third-order valence-corrected chi connectivity index (χ3v) is 6.77. The summed E-state index contributed by atoms with van der Waals surface area (Å²) in [5, 5.41) is 7.03. The van der Waals surface area contributed by atoms with Crippen molar-refractivity contribution in [1.29, 1.82) is 0 Å². The maximum absolute atomic E-state index is 12.5. The van der Waals surface area contributed by atoms with Gasteiger partial charge in [0.05, 0.1) is 10.6 Å². The van der Waals surface area contributed by atoms with Gasteiger partial charge >= 0.3 is 0 Å². The van der Waals surface area contributed by atoms with Crippen molar-refractivity contribution in [3.8, 4) is 5.69 Å². The minimum atomic E-state index is -3.55. The molecule has 7 nitrogen and oxygen atoms in total. The summed E-state index contributed by atoms with van der Waals surface area (Å²) in [6.45, 7) is 5.58. The van der Waals surface area contributed by atoms with Crippen LogP contribution in [0.25, 0.3) is 5.69 Å². The van der Waals surface area contributed by atoms with Gasteiger partial charge in [0.2, 0.25) is 10.0 Å². The number of hydrogen-bond acceptors (Lipinski definition) is 4. The fourth-order valence-corrected chi connectivity index (χ4v) is 4.12. The molecule has 0 aliphatic heterocycles. The first kappa shape index (κ1) is 20.8. The van der Waals surface area contributed by atoms with E-state index in [9.17, 15) is 13.2 Å². The van der Waals surface area contributed by atoms with Crippen molar-refractivity contribution in [3.63, 3.8) is 0 Å². The number of benzene rings is 2. The number of sulfonamides is 1. The van der Waals surface area contributed by atoms with Crippen LogP contribution in [-0.2, 0) is 10.0 Å². The lowest BCUT2D eigenvalue weighted by Crippen LogP contribution is -2.33. The quantitative estimate of drug-likeness (QED) is 0.672. The van der Waals surface area contributed by atoms with E-state index in [-0.39, 0.29) is 16.8 Å². The molecule has 1 amide bonds. The SMILES string of the molecule is Cc1ccnn1-c1ccc(C(=O)Nc2ccc(S(=O)(=O)N(C)C(C)C)cc2)cc1. The number of nitrogens with zero attached hydrogens (tertiary/aromatic N) is 3. The standard InChI is InChI=1S/C21H24N4O3S/c1-15(2)24(4)29(27,28)20-11-7-18(8-12-20)23-21(26)17-5-9-19(10-6-17)25-16(3)13-14-22-25/h5-15H,1-4H3,(H,23,26). The molecule has 152 valence electrons. The number of hydrogen-bond donors (Lipinski definition) is 1. The average molecular weight is 413 g/mol. The molecular formula is C21H24N4O3S.